The van der Waals surface area contributed by atoms with E-state index in [1.807, 2.05) is 0 Å². The van der Waals surface area contributed by atoms with Crippen LogP contribution in [0.15, 0.2) is 5.16 Å². The summed E-state index contributed by atoms with van der Waals surface area (Å²) in [4.78, 5) is 14.8. The first-order chi connectivity index (χ1) is 5.07. The molecule has 0 saturated carbocycles. The number of carbonyl (C=O) groups excluding carboxylic acids is 1. The minimum absolute atomic E-state index is 0.114. The Hall–Kier alpha value is -1.14. The smallest absolute Gasteiger partial charge is 0.353 e. The van der Waals surface area contributed by atoms with Crippen LogP contribution in [0.2, 0.25) is 0 Å². The second kappa shape index (κ2) is 4.64. The normalized spacial score (nSPS) is 14.3. The lowest BCUT2D eigenvalue weighted by molar-refractivity contribution is -0.146. The fourth-order valence-corrected chi connectivity index (χ4v) is 0.259. The number of hydrogen-bond acceptors (Lipinski definition) is 5. The summed E-state index contributed by atoms with van der Waals surface area (Å²) in [5.41, 5.74) is 10.1. The molecule has 0 bridgehead atoms. The molecule has 0 spiro atoms. The van der Waals surface area contributed by atoms with Crippen LogP contribution in [0.3, 0.4) is 0 Å². The van der Waals surface area contributed by atoms with E-state index < -0.39 is 18.6 Å². The molecule has 6 heteroatoms. The van der Waals surface area contributed by atoms with Crippen molar-refractivity contribution in [3.05, 3.63) is 0 Å². The van der Waals surface area contributed by atoms with Gasteiger partial charge in [0.05, 0.1) is 6.61 Å². The summed E-state index contributed by atoms with van der Waals surface area (Å²) in [7, 11) is 0. The third kappa shape index (κ3) is 4.29. The molecule has 0 saturated heterocycles. The molecule has 0 fully saturated rings. The molecule has 0 aromatic rings. The largest absolute Gasteiger partial charge is 0.394 e. The van der Waals surface area contributed by atoms with Crippen molar-refractivity contribution in [2.24, 2.45) is 16.6 Å². The molecule has 0 radical (unpaired) electrons. The first kappa shape index (κ1) is 9.86. The Morgan fingerprint density at radius 2 is 2.36 bits per heavy atom. The molecule has 0 heterocycles. The highest BCUT2D eigenvalue weighted by Gasteiger charge is 2.13. The van der Waals surface area contributed by atoms with Crippen molar-refractivity contribution >= 4 is 11.8 Å². The molecule has 0 aromatic heterocycles. The summed E-state index contributed by atoms with van der Waals surface area (Å²) in [6, 6.07) is -1.06. The zero-order valence-electron chi connectivity index (χ0n) is 6.15. The van der Waals surface area contributed by atoms with E-state index in [9.17, 15) is 4.79 Å². The number of carbonyl (C=O) groups is 1. The maximum atomic E-state index is 10.6. The van der Waals surface area contributed by atoms with Gasteiger partial charge in [0, 0.05) is 0 Å². The predicted molar refractivity (Wildman–Crippen MR) is 38.4 cm³/mol. The lowest BCUT2D eigenvalue weighted by Gasteiger charge is -2.02. The molecule has 0 aromatic carbocycles. The Labute approximate surface area is 63.8 Å². The van der Waals surface area contributed by atoms with E-state index in [4.69, 9.17) is 16.6 Å². The molecule has 6 nitrogen and oxygen atoms in total. The number of amidine groups is 1. The van der Waals surface area contributed by atoms with Gasteiger partial charge in [0.25, 0.3) is 0 Å². The van der Waals surface area contributed by atoms with Gasteiger partial charge in [-0.1, -0.05) is 5.16 Å². The number of hydrogen-bond donors (Lipinski definition) is 3. The van der Waals surface area contributed by atoms with Crippen molar-refractivity contribution in [1.82, 2.24) is 0 Å². The lowest BCUT2D eigenvalue weighted by atomic mass is 10.3. The molecule has 0 rings (SSSR count). The van der Waals surface area contributed by atoms with Crippen LogP contribution in [0.1, 0.15) is 6.92 Å². The van der Waals surface area contributed by atoms with E-state index in [-0.39, 0.29) is 5.84 Å². The van der Waals surface area contributed by atoms with Gasteiger partial charge in [-0.15, -0.1) is 0 Å². The van der Waals surface area contributed by atoms with Gasteiger partial charge in [-0.3, -0.25) is 0 Å². The second-order valence-electron chi connectivity index (χ2n) is 1.93. The fraction of sp³-hybridized carbons (Fsp3) is 0.600. The Morgan fingerprint density at radius 1 is 1.82 bits per heavy atom. The molecule has 0 unspecified atom stereocenters. The van der Waals surface area contributed by atoms with Crippen molar-refractivity contribution in [3.8, 4) is 0 Å². The van der Waals surface area contributed by atoms with Crippen LogP contribution in [0.4, 0.5) is 0 Å². The molecule has 5 N–H and O–H groups in total. The van der Waals surface area contributed by atoms with Crippen LogP contribution in [0.5, 0.6) is 0 Å². The molecule has 0 aliphatic rings. The van der Waals surface area contributed by atoms with Crippen molar-refractivity contribution < 1.29 is 14.7 Å². The van der Waals surface area contributed by atoms with Gasteiger partial charge in [-0.2, -0.15) is 0 Å². The zero-order chi connectivity index (χ0) is 8.85. The average Bonchev–Trinajstić information content (AvgIpc) is 1.98. The summed E-state index contributed by atoms with van der Waals surface area (Å²) in [6.45, 7) is 0.982. The van der Waals surface area contributed by atoms with Gasteiger partial charge >= 0.3 is 5.97 Å². The standard InChI is InChI=1S/C5H11N3O3/c1-3(6)8-11-5(10)4(7)2-9/h4,9H,2,7H2,1H3,(H2,6,8)/t4-/m0/s1. The molecule has 0 aliphatic carbocycles. The van der Waals surface area contributed by atoms with Crippen molar-refractivity contribution in [3.63, 3.8) is 0 Å². The van der Waals surface area contributed by atoms with Gasteiger partial charge < -0.3 is 21.4 Å². The van der Waals surface area contributed by atoms with Gasteiger partial charge in [0.15, 0.2) is 0 Å². The highest BCUT2D eigenvalue weighted by Crippen LogP contribution is 1.84. The maximum Gasteiger partial charge on any atom is 0.353 e. The molecular formula is C5H11N3O3. The van der Waals surface area contributed by atoms with Gasteiger partial charge in [-0.25, -0.2) is 4.79 Å². The van der Waals surface area contributed by atoms with E-state index in [1.54, 1.807) is 0 Å². The van der Waals surface area contributed by atoms with E-state index >= 15 is 0 Å². The van der Waals surface area contributed by atoms with Gasteiger partial charge in [0.2, 0.25) is 0 Å². The topological polar surface area (TPSA) is 111 Å². The Kier molecular flexibility index (Phi) is 4.16. The molecule has 1 atom stereocenters. The lowest BCUT2D eigenvalue weighted by Crippen LogP contribution is -2.35. The summed E-state index contributed by atoms with van der Waals surface area (Å²) in [5, 5.41) is 11.5. The average molecular weight is 161 g/mol. The number of aliphatic hydroxyl groups excluding tert-OH is 1. The van der Waals surface area contributed by atoms with Crippen LogP contribution < -0.4 is 11.5 Å². The number of oxime groups is 1. The fourth-order valence-electron chi connectivity index (χ4n) is 0.259. The first-order valence-corrected chi connectivity index (χ1v) is 2.95. The van der Waals surface area contributed by atoms with E-state index in [1.165, 1.54) is 6.92 Å². The quantitative estimate of drug-likeness (QED) is 0.194. The SMILES string of the molecule is C/C(N)=N/OC(=O)[C@@H](N)CO. The monoisotopic (exact) mass is 161 g/mol. The molecular weight excluding hydrogens is 150 g/mol. The Bertz CT molecular complexity index is 164. The third-order valence-electron chi connectivity index (χ3n) is 0.779. The van der Waals surface area contributed by atoms with Crippen LogP contribution >= 0.6 is 0 Å². The molecule has 64 valence electrons. The minimum Gasteiger partial charge on any atom is -0.394 e. The van der Waals surface area contributed by atoms with Crippen LogP contribution in [-0.4, -0.2) is 29.6 Å². The van der Waals surface area contributed by atoms with Crippen molar-refractivity contribution in [1.29, 1.82) is 0 Å². The third-order valence-corrected chi connectivity index (χ3v) is 0.779. The molecule has 0 aliphatic heterocycles. The predicted octanol–water partition coefficient (Wildman–Crippen LogP) is -1.86. The van der Waals surface area contributed by atoms with Crippen LogP contribution in [0, 0.1) is 0 Å². The van der Waals surface area contributed by atoms with Crippen molar-refractivity contribution in [2.45, 2.75) is 13.0 Å². The number of nitrogens with zero attached hydrogens (tertiary/aromatic N) is 1. The molecule has 11 heavy (non-hydrogen) atoms. The maximum absolute atomic E-state index is 10.6. The highest BCUT2D eigenvalue weighted by molar-refractivity contribution is 5.80. The van der Waals surface area contributed by atoms with Gasteiger partial charge in [-0.05, 0) is 6.92 Å². The number of aliphatic hydroxyl groups is 1. The van der Waals surface area contributed by atoms with Crippen LogP contribution in [-0.2, 0) is 9.63 Å². The van der Waals surface area contributed by atoms with E-state index in [0.29, 0.717) is 0 Å². The Balaban J connectivity index is 3.79. The summed E-state index contributed by atoms with van der Waals surface area (Å²) in [5.74, 6) is -0.694. The first-order valence-electron chi connectivity index (χ1n) is 2.95. The van der Waals surface area contributed by atoms with E-state index in [2.05, 4.69) is 9.99 Å². The summed E-state index contributed by atoms with van der Waals surface area (Å²) in [6.07, 6.45) is 0. The highest BCUT2D eigenvalue weighted by atomic mass is 16.7. The minimum atomic E-state index is -1.06. The number of nitrogens with two attached hydrogens (primary N) is 2. The van der Waals surface area contributed by atoms with E-state index in [0.717, 1.165) is 0 Å². The zero-order valence-corrected chi connectivity index (χ0v) is 6.15. The summed E-state index contributed by atoms with van der Waals surface area (Å²) >= 11 is 0. The summed E-state index contributed by atoms with van der Waals surface area (Å²) < 4.78 is 0. The number of rotatable bonds is 3. The second-order valence-corrected chi connectivity index (χ2v) is 1.93. The van der Waals surface area contributed by atoms with Gasteiger partial charge in [0.1, 0.15) is 11.9 Å². The Morgan fingerprint density at radius 3 is 2.73 bits per heavy atom. The molecule has 0 amide bonds. The van der Waals surface area contributed by atoms with Crippen LogP contribution in [0.25, 0.3) is 0 Å². The van der Waals surface area contributed by atoms with Crippen molar-refractivity contribution in [2.75, 3.05) is 6.61 Å².